The van der Waals surface area contributed by atoms with E-state index >= 15 is 0 Å². The molecule has 1 heterocycles. The van der Waals surface area contributed by atoms with Crippen LogP contribution in [0.25, 0.3) is 11.1 Å². The van der Waals surface area contributed by atoms with Crippen LogP contribution in [0.2, 0.25) is 0 Å². The predicted octanol–water partition coefficient (Wildman–Crippen LogP) is 4.07. The van der Waals surface area contributed by atoms with E-state index in [1.54, 1.807) is 13.4 Å². The van der Waals surface area contributed by atoms with E-state index in [2.05, 4.69) is 45.1 Å². The third-order valence-corrected chi connectivity index (χ3v) is 3.59. The Labute approximate surface area is 121 Å². The number of hydrogen-bond acceptors (Lipinski definition) is 3. The molecule has 2 rings (SSSR count). The summed E-state index contributed by atoms with van der Waals surface area (Å²) in [7, 11) is 1.72. The lowest BCUT2D eigenvalue weighted by Crippen LogP contribution is -2.21. The second-order valence-corrected chi connectivity index (χ2v) is 5.38. The van der Waals surface area contributed by atoms with E-state index in [0.717, 1.165) is 29.2 Å². The number of methoxy groups -OCH3 is 1. The first-order chi connectivity index (χ1) is 9.54. The average Bonchev–Trinajstić information content (AvgIpc) is 2.87. The van der Waals surface area contributed by atoms with E-state index < -0.39 is 0 Å². The largest absolute Gasteiger partial charge is 0.496 e. The number of nitrogens with one attached hydrogen (secondary N) is 1. The number of furan rings is 1. The molecule has 0 spiro atoms. The molecule has 0 aliphatic heterocycles. The molecule has 3 heteroatoms. The smallest absolute Gasteiger partial charge is 0.129 e. The molecule has 0 unspecified atom stereocenters. The summed E-state index contributed by atoms with van der Waals surface area (Å²) in [4.78, 5) is 0. The summed E-state index contributed by atoms with van der Waals surface area (Å²) < 4.78 is 11.2. The molecule has 108 valence electrons. The van der Waals surface area contributed by atoms with E-state index in [-0.39, 0.29) is 0 Å². The van der Waals surface area contributed by atoms with Gasteiger partial charge in [-0.05, 0) is 31.0 Å². The SMILES string of the molecule is COc1c(-c2ccoc2CNC(C)C)ccc(C)c1C. The maximum absolute atomic E-state index is 5.62. The average molecular weight is 273 g/mol. The molecule has 1 aromatic heterocycles. The Morgan fingerprint density at radius 2 is 1.90 bits per heavy atom. The zero-order valence-electron chi connectivity index (χ0n) is 12.9. The van der Waals surface area contributed by atoms with E-state index in [0.29, 0.717) is 6.04 Å². The Hall–Kier alpha value is -1.74. The van der Waals surface area contributed by atoms with Crippen molar-refractivity contribution in [2.45, 2.75) is 40.3 Å². The van der Waals surface area contributed by atoms with Crippen molar-refractivity contribution in [2.24, 2.45) is 0 Å². The van der Waals surface area contributed by atoms with Gasteiger partial charge in [0.15, 0.2) is 0 Å². The van der Waals surface area contributed by atoms with Gasteiger partial charge in [-0.25, -0.2) is 0 Å². The molecule has 3 nitrogen and oxygen atoms in total. The topological polar surface area (TPSA) is 34.4 Å². The van der Waals surface area contributed by atoms with Crippen molar-refractivity contribution < 1.29 is 9.15 Å². The van der Waals surface area contributed by atoms with E-state index in [4.69, 9.17) is 9.15 Å². The van der Waals surface area contributed by atoms with Gasteiger partial charge in [0, 0.05) is 17.2 Å². The van der Waals surface area contributed by atoms with Crippen LogP contribution in [0.5, 0.6) is 5.75 Å². The Morgan fingerprint density at radius 3 is 2.55 bits per heavy atom. The summed E-state index contributed by atoms with van der Waals surface area (Å²) in [5.74, 6) is 1.87. The Balaban J connectivity index is 2.42. The zero-order chi connectivity index (χ0) is 14.7. The Kier molecular flexibility index (Phi) is 4.50. The van der Waals surface area contributed by atoms with Crippen molar-refractivity contribution in [1.29, 1.82) is 0 Å². The van der Waals surface area contributed by atoms with E-state index in [1.807, 2.05) is 6.07 Å². The minimum atomic E-state index is 0.426. The first-order valence-corrected chi connectivity index (χ1v) is 6.99. The highest BCUT2D eigenvalue weighted by Gasteiger charge is 2.15. The van der Waals surface area contributed by atoms with Gasteiger partial charge in [-0.15, -0.1) is 0 Å². The lowest BCUT2D eigenvalue weighted by molar-refractivity contribution is 0.412. The molecule has 0 saturated heterocycles. The summed E-state index contributed by atoms with van der Waals surface area (Å²) >= 11 is 0. The van der Waals surface area contributed by atoms with Gasteiger partial charge in [-0.3, -0.25) is 0 Å². The zero-order valence-corrected chi connectivity index (χ0v) is 12.9. The van der Waals surface area contributed by atoms with Crippen molar-refractivity contribution >= 4 is 0 Å². The highest BCUT2D eigenvalue weighted by Crippen LogP contribution is 2.36. The van der Waals surface area contributed by atoms with Crippen LogP contribution in [-0.2, 0) is 6.54 Å². The molecule has 0 fully saturated rings. The maximum Gasteiger partial charge on any atom is 0.129 e. The molecular weight excluding hydrogens is 250 g/mol. The normalized spacial score (nSPS) is 11.1. The van der Waals surface area contributed by atoms with Gasteiger partial charge in [0.05, 0.1) is 19.9 Å². The van der Waals surface area contributed by atoms with Crippen LogP contribution in [0, 0.1) is 13.8 Å². The number of hydrogen-bond donors (Lipinski definition) is 1. The highest BCUT2D eigenvalue weighted by atomic mass is 16.5. The van der Waals surface area contributed by atoms with Gasteiger partial charge >= 0.3 is 0 Å². The number of ether oxygens (including phenoxy) is 1. The van der Waals surface area contributed by atoms with Gasteiger partial charge < -0.3 is 14.5 Å². The summed E-state index contributed by atoms with van der Waals surface area (Å²) in [6.45, 7) is 9.15. The lowest BCUT2D eigenvalue weighted by Gasteiger charge is -2.14. The molecule has 1 N–H and O–H groups in total. The standard InChI is InChI=1S/C17H23NO2/c1-11(2)18-10-16-14(8-9-20-16)15-7-6-12(3)13(4)17(15)19-5/h6-9,11,18H,10H2,1-5H3. The molecule has 1 aromatic carbocycles. The molecule has 0 aliphatic rings. The first-order valence-electron chi connectivity index (χ1n) is 6.99. The summed E-state index contributed by atoms with van der Waals surface area (Å²) in [6.07, 6.45) is 1.74. The van der Waals surface area contributed by atoms with Crippen molar-refractivity contribution in [3.63, 3.8) is 0 Å². The minimum absolute atomic E-state index is 0.426. The maximum atomic E-state index is 5.62. The summed E-state index contributed by atoms with van der Waals surface area (Å²) in [5, 5.41) is 3.39. The quantitative estimate of drug-likeness (QED) is 0.891. The van der Waals surface area contributed by atoms with Crippen LogP contribution >= 0.6 is 0 Å². The third-order valence-electron chi connectivity index (χ3n) is 3.59. The van der Waals surface area contributed by atoms with Crippen LogP contribution < -0.4 is 10.1 Å². The van der Waals surface area contributed by atoms with Crippen LogP contribution in [-0.4, -0.2) is 13.2 Å². The van der Waals surface area contributed by atoms with Crippen molar-refractivity contribution in [3.8, 4) is 16.9 Å². The molecule has 0 saturated carbocycles. The number of aryl methyl sites for hydroxylation is 1. The molecule has 0 amide bonds. The second kappa shape index (κ2) is 6.14. The van der Waals surface area contributed by atoms with E-state index in [9.17, 15) is 0 Å². The fraction of sp³-hybridized carbons (Fsp3) is 0.412. The molecule has 0 radical (unpaired) electrons. The van der Waals surface area contributed by atoms with Crippen LogP contribution in [0.15, 0.2) is 28.9 Å². The fourth-order valence-electron chi connectivity index (χ4n) is 2.28. The van der Waals surface area contributed by atoms with Gasteiger partial charge in [-0.2, -0.15) is 0 Å². The van der Waals surface area contributed by atoms with Gasteiger partial charge in [0.2, 0.25) is 0 Å². The summed E-state index contributed by atoms with van der Waals surface area (Å²) in [6, 6.07) is 6.66. The molecular formula is C17H23NO2. The first kappa shape index (κ1) is 14.7. The van der Waals surface area contributed by atoms with Gasteiger partial charge in [-0.1, -0.05) is 26.0 Å². The lowest BCUT2D eigenvalue weighted by atomic mass is 9.99. The minimum Gasteiger partial charge on any atom is -0.496 e. The second-order valence-electron chi connectivity index (χ2n) is 5.38. The fourth-order valence-corrected chi connectivity index (χ4v) is 2.28. The molecule has 0 atom stereocenters. The molecule has 0 bridgehead atoms. The molecule has 2 aromatic rings. The van der Waals surface area contributed by atoms with Crippen molar-refractivity contribution in [2.75, 3.05) is 7.11 Å². The highest BCUT2D eigenvalue weighted by molar-refractivity contribution is 5.74. The number of rotatable bonds is 5. The van der Waals surface area contributed by atoms with Crippen LogP contribution in [0.1, 0.15) is 30.7 Å². The molecule has 20 heavy (non-hydrogen) atoms. The Morgan fingerprint density at radius 1 is 1.15 bits per heavy atom. The monoisotopic (exact) mass is 273 g/mol. The predicted molar refractivity (Wildman–Crippen MR) is 82.1 cm³/mol. The van der Waals surface area contributed by atoms with Gasteiger partial charge in [0.25, 0.3) is 0 Å². The van der Waals surface area contributed by atoms with Crippen LogP contribution in [0.4, 0.5) is 0 Å². The summed E-state index contributed by atoms with van der Waals surface area (Å²) in [5.41, 5.74) is 4.59. The third kappa shape index (κ3) is 2.88. The Bertz CT molecular complexity index is 585. The van der Waals surface area contributed by atoms with Crippen LogP contribution in [0.3, 0.4) is 0 Å². The number of benzene rings is 1. The van der Waals surface area contributed by atoms with E-state index in [1.165, 1.54) is 11.1 Å². The molecule has 0 aliphatic carbocycles. The van der Waals surface area contributed by atoms with Crippen molar-refractivity contribution in [1.82, 2.24) is 5.32 Å². The van der Waals surface area contributed by atoms with Crippen molar-refractivity contribution in [3.05, 3.63) is 41.3 Å². The van der Waals surface area contributed by atoms with Gasteiger partial charge in [0.1, 0.15) is 11.5 Å².